The van der Waals surface area contributed by atoms with E-state index >= 15 is 0 Å². The second-order valence-corrected chi connectivity index (χ2v) is 3.97. The van der Waals surface area contributed by atoms with Gasteiger partial charge in [-0.2, -0.15) is 0 Å². The predicted octanol–water partition coefficient (Wildman–Crippen LogP) is 5.17. The van der Waals surface area contributed by atoms with E-state index in [4.69, 9.17) is 23.2 Å². The van der Waals surface area contributed by atoms with E-state index in [-0.39, 0.29) is 5.78 Å². The van der Waals surface area contributed by atoms with Gasteiger partial charge in [0.15, 0.2) is 5.78 Å². The van der Waals surface area contributed by atoms with Crippen molar-refractivity contribution in [3.8, 4) is 0 Å². The summed E-state index contributed by atoms with van der Waals surface area (Å²) in [6, 6.07) is 5.00. The lowest BCUT2D eigenvalue weighted by Gasteiger charge is -2.01. The van der Waals surface area contributed by atoms with Crippen LogP contribution in [0.4, 0.5) is 0 Å². The molecule has 0 aromatic heterocycles. The molecule has 88 valence electrons. The van der Waals surface area contributed by atoms with Crippen LogP contribution in [-0.4, -0.2) is 5.78 Å². The number of carbonyl (C=O) groups is 1. The van der Waals surface area contributed by atoms with E-state index in [9.17, 15) is 4.79 Å². The van der Waals surface area contributed by atoms with Crippen molar-refractivity contribution in [2.24, 2.45) is 0 Å². The Bertz CT molecular complexity index is 348. The van der Waals surface area contributed by atoms with Gasteiger partial charge in [0.25, 0.3) is 0 Å². The Balaban J connectivity index is 0.00000106. The average molecular weight is 259 g/mol. The summed E-state index contributed by atoms with van der Waals surface area (Å²) in [5.74, 6) is 0.130. The Morgan fingerprint density at radius 2 is 1.88 bits per heavy atom. The molecule has 0 radical (unpaired) electrons. The Morgan fingerprint density at radius 3 is 2.38 bits per heavy atom. The highest BCUT2D eigenvalue weighted by Gasteiger charge is 2.07. The van der Waals surface area contributed by atoms with E-state index in [2.05, 4.69) is 20.1 Å². The zero-order chi connectivity index (χ0) is 12.6. The number of Topliss-reactive ketones (excluding diaryl/α,β-unsaturated/α-hetero) is 1. The molecule has 0 aliphatic carbocycles. The van der Waals surface area contributed by atoms with Crippen molar-refractivity contribution in [3.63, 3.8) is 0 Å². The van der Waals surface area contributed by atoms with Crippen LogP contribution in [0.5, 0.6) is 0 Å². The minimum absolute atomic E-state index is 0.130. The zero-order valence-electron chi connectivity index (χ0n) is 9.43. The summed E-state index contributed by atoms with van der Waals surface area (Å²) < 4.78 is 0. The molecule has 0 aliphatic heterocycles. The maximum absolute atomic E-state index is 11.6. The number of carbonyl (C=O) groups excluding carboxylic acids is 1. The number of unbranched alkanes of at least 4 members (excludes halogenated alkanes) is 1. The summed E-state index contributed by atoms with van der Waals surface area (Å²) in [5.41, 5.74) is 0.646. The van der Waals surface area contributed by atoms with Gasteiger partial charge in [-0.05, 0) is 24.6 Å². The van der Waals surface area contributed by atoms with E-state index in [0.29, 0.717) is 22.0 Å². The minimum Gasteiger partial charge on any atom is -0.294 e. The molecular formula is C13H16Cl2O. The molecule has 0 amide bonds. The third-order valence-electron chi connectivity index (χ3n) is 2.00. The molecule has 0 spiro atoms. The van der Waals surface area contributed by atoms with E-state index in [1.54, 1.807) is 18.2 Å². The zero-order valence-corrected chi connectivity index (χ0v) is 10.9. The van der Waals surface area contributed by atoms with Crippen LogP contribution in [-0.2, 0) is 0 Å². The van der Waals surface area contributed by atoms with Gasteiger partial charge in [-0.25, -0.2) is 0 Å². The standard InChI is InChI=1S/C11H12Cl2O.C2H4/c1-2-3-4-11(14)8-5-6-9(12)10(13)7-8;1-2/h5-7H,2-4H2,1H3;1-2H2. The van der Waals surface area contributed by atoms with Gasteiger partial charge >= 0.3 is 0 Å². The molecule has 0 N–H and O–H groups in total. The smallest absolute Gasteiger partial charge is 0.162 e. The normalized spacial score (nSPS) is 9.19. The first kappa shape index (κ1) is 15.2. The van der Waals surface area contributed by atoms with Gasteiger partial charge in [-0.15, -0.1) is 13.2 Å². The minimum atomic E-state index is 0.130. The van der Waals surface area contributed by atoms with Crippen molar-refractivity contribution < 1.29 is 4.79 Å². The first-order valence-electron chi connectivity index (χ1n) is 5.13. The third-order valence-corrected chi connectivity index (χ3v) is 2.74. The van der Waals surface area contributed by atoms with Crippen LogP contribution in [0.15, 0.2) is 31.4 Å². The molecule has 0 heterocycles. The Labute approximate surface area is 107 Å². The summed E-state index contributed by atoms with van der Waals surface area (Å²) in [4.78, 5) is 11.6. The van der Waals surface area contributed by atoms with Crippen LogP contribution in [0.1, 0.15) is 36.5 Å². The highest BCUT2D eigenvalue weighted by molar-refractivity contribution is 6.42. The van der Waals surface area contributed by atoms with Gasteiger partial charge in [-0.3, -0.25) is 4.79 Å². The molecule has 0 atom stereocenters. The lowest BCUT2D eigenvalue weighted by atomic mass is 10.1. The molecule has 0 saturated heterocycles. The van der Waals surface area contributed by atoms with E-state index in [1.165, 1.54) is 0 Å². The molecule has 0 fully saturated rings. The molecule has 0 bridgehead atoms. The molecule has 1 rings (SSSR count). The lowest BCUT2D eigenvalue weighted by molar-refractivity contribution is 0.0980. The largest absolute Gasteiger partial charge is 0.294 e. The molecule has 0 saturated carbocycles. The Morgan fingerprint density at radius 1 is 1.25 bits per heavy atom. The maximum Gasteiger partial charge on any atom is 0.162 e. The molecule has 1 nitrogen and oxygen atoms in total. The Hall–Kier alpha value is -0.790. The Kier molecular flexibility index (Phi) is 7.96. The quantitative estimate of drug-likeness (QED) is 0.538. The molecule has 3 heteroatoms. The fourth-order valence-electron chi connectivity index (χ4n) is 1.15. The number of ketones is 1. The lowest BCUT2D eigenvalue weighted by Crippen LogP contribution is -1.98. The summed E-state index contributed by atoms with van der Waals surface area (Å²) in [5, 5.41) is 0.924. The third kappa shape index (κ3) is 4.82. The highest BCUT2D eigenvalue weighted by Crippen LogP contribution is 2.23. The second kappa shape index (κ2) is 8.37. The van der Waals surface area contributed by atoms with Crippen molar-refractivity contribution in [1.29, 1.82) is 0 Å². The predicted molar refractivity (Wildman–Crippen MR) is 71.6 cm³/mol. The van der Waals surface area contributed by atoms with Gasteiger partial charge in [0.2, 0.25) is 0 Å². The first-order valence-corrected chi connectivity index (χ1v) is 5.89. The van der Waals surface area contributed by atoms with E-state index in [0.717, 1.165) is 12.8 Å². The van der Waals surface area contributed by atoms with Crippen molar-refractivity contribution in [3.05, 3.63) is 47.0 Å². The fraction of sp³-hybridized carbons (Fsp3) is 0.308. The first-order chi connectivity index (χ1) is 7.65. The molecule has 1 aromatic rings. The van der Waals surface area contributed by atoms with Crippen LogP contribution in [0, 0.1) is 0 Å². The summed E-state index contributed by atoms with van der Waals surface area (Å²) in [6.45, 7) is 8.06. The molecule has 1 aromatic carbocycles. The van der Waals surface area contributed by atoms with Gasteiger partial charge in [0.05, 0.1) is 10.0 Å². The fourth-order valence-corrected chi connectivity index (χ4v) is 1.45. The van der Waals surface area contributed by atoms with Gasteiger partial charge in [-0.1, -0.05) is 36.5 Å². The van der Waals surface area contributed by atoms with E-state index in [1.807, 2.05) is 0 Å². The van der Waals surface area contributed by atoms with Crippen LogP contribution >= 0.6 is 23.2 Å². The van der Waals surface area contributed by atoms with Gasteiger partial charge in [0.1, 0.15) is 0 Å². The molecule has 16 heavy (non-hydrogen) atoms. The van der Waals surface area contributed by atoms with Crippen LogP contribution in [0.2, 0.25) is 10.0 Å². The van der Waals surface area contributed by atoms with Crippen LogP contribution in [0.3, 0.4) is 0 Å². The molecular weight excluding hydrogens is 243 g/mol. The topological polar surface area (TPSA) is 17.1 Å². The van der Waals surface area contributed by atoms with E-state index < -0.39 is 0 Å². The van der Waals surface area contributed by atoms with Crippen molar-refractivity contribution >= 4 is 29.0 Å². The van der Waals surface area contributed by atoms with Crippen molar-refractivity contribution in [1.82, 2.24) is 0 Å². The number of hydrogen-bond donors (Lipinski definition) is 0. The number of rotatable bonds is 4. The maximum atomic E-state index is 11.6. The van der Waals surface area contributed by atoms with Crippen molar-refractivity contribution in [2.75, 3.05) is 0 Å². The van der Waals surface area contributed by atoms with Gasteiger partial charge < -0.3 is 0 Å². The SMILES string of the molecule is C=C.CCCCC(=O)c1ccc(Cl)c(Cl)c1. The second-order valence-electron chi connectivity index (χ2n) is 3.16. The number of hydrogen-bond acceptors (Lipinski definition) is 1. The summed E-state index contributed by atoms with van der Waals surface area (Å²) >= 11 is 11.6. The molecule has 0 aliphatic rings. The summed E-state index contributed by atoms with van der Waals surface area (Å²) in [7, 11) is 0. The van der Waals surface area contributed by atoms with Crippen LogP contribution in [0.25, 0.3) is 0 Å². The summed E-state index contributed by atoms with van der Waals surface area (Å²) in [6.07, 6.45) is 2.51. The highest BCUT2D eigenvalue weighted by atomic mass is 35.5. The monoisotopic (exact) mass is 258 g/mol. The number of halogens is 2. The van der Waals surface area contributed by atoms with Crippen LogP contribution < -0.4 is 0 Å². The average Bonchev–Trinajstić information content (AvgIpc) is 2.32. The molecule has 0 unspecified atom stereocenters. The van der Waals surface area contributed by atoms with Crippen molar-refractivity contribution in [2.45, 2.75) is 26.2 Å². The number of benzene rings is 1. The van der Waals surface area contributed by atoms with Gasteiger partial charge in [0, 0.05) is 12.0 Å².